The van der Waals surface area contributed by atoms with Crippen LogP contribution < -0.4 is 19.5 Å². The first kappa shape index (κ1) is 18.2. The molecule has 0 aliphatic carbocycles. The average Bonchev–Trinajstić information content (AvgIpc) is 3.25. The quantitative estimate of drug-likeness (QED) is 0.578. The number of para-hydroxylation sites is 2. The lowest BCUT2D eigenvalue weighted by atomic mass is 10.3. The molecule has 1 aromatic carbocycles. The summed E-state index contributed by atoms with van der Waals surface area (Å²) in [6, 6.07) is 14.2. The summed E-state index contributed by atoms with van der Waals surface area (Å²) in [5, 5.41) is 10.7. The zero-order chi connectivity index (χ0) is 18.9. The number of carbonyl (C=O) groups excluding carboxylic acids is 1. The molecular formula is C19H19N3O5. The van der Waals surface area contributed by atoms with Gasteiger partial charge in [-0.3, -0.25) is 4.79 Å². The summed E-state index contributed by atoms with van der Waals surface area (Å²) in [4.78, 5) is 11.8. The van der Waals surface area contributed by atoms with E-state index >= 15 is 0 Å². The van der Waals surface area contributed by atoms with Gasteiger partial charge in [-0.1, -0.05) is 12.1 Å². The number of rotatable bonds is 9. The summed E-state index contributed by atoms with van der Waals surface area (Å²) in [7, 11) is 1.55. The van der Waals surface area contributed by atoms with Crippen LogP contribution in [-0.2, 0) is 4.79 Å². The largest absolute Gasteiger partial charge is 0.493 e. The van der Waals surface area contributed by atoms with Crippen LogP contribution in [0, 0.1) is 0 Å². The number of amides is 1. The third kappa shape index (κ3) is 5.21. The number of nitrogens with zero attached hydrogens (tertiary/aromatic N) is 2. The highest BCUT2D eigenvalue weighted by molar-refractivity contribution is 5.77. The molecule has 0 spiro atoms. The number of hydrogen-bond donors (Lipinski definition) is 1. The van der Waals surface area contributed by atoms with Crippen molar-refractivity contribution in [3.8, 4) is 28.8 Å². The van der Waals surface area contributed by atoms with Gasteiger partial charge in [0.15, 0.2) is 23.9 Å². The minimum Gasteiger partial charge on any atom is -0.493 e. The van der Waals surface area contributed by atoms with Gasteiger partial charge in [-0.2, -0.15) is 0 Å². The summed E-state index contributed by atoms with van der Waals surface area (Å²) in [6.45, 7) is 0.461. The van der Waals surface area contributed by atoms with Gasteiger partial charge in [0.2, 0.25) is 5.88 Å². The number of methoxy groups -OCH3 is 1. The van der Waals surface area contributed by atoms with Crippen molar-refractivity contribution in [3.05, 3.63) is 54.8 Å². The molecule has 3 rings (SSSR count). The van der Waals surface area contributed by atoms with E-state index in [2.05, 4.69) is 15.5 Å². The molecule has 0 bridgehead atoms. The molecule has 0 aliphatic heterocycles. The fourth-order valence-electron chi connectivity index (χ4n) is 2.23. The van der Waals surface area contributed by atoms with Crippen molar-refractivity contribution < 1.29 is 23.4 Å². The van der Waals surface area contributed by atoms with Crippen molar-refractivity contribution in [1.82, 2.24) is 15.5 Å². The summed E-state index contributed by atoms with van der Waals surface area (Å²) in [5.41, 5.74) is 0.620. The molecule has 1 amide bonds. The first-order valence-electron chi connectivity index (χ1n) is 8.29. The number of furan rings is 1. The van der Waals surface area contributed by atoms with Gasteiger partial charge < -0.3 is 23.9 Å². The Bertz CT molecular complexity index is 850. The smallest absolute Gasteiger partial charge is 0.258 e. The molecule has 1 N–H and O–H groups in total. The molecule has 3 aromatic rings. The van der Waals surface area contributed by atoms with Gasteiger partial charge in [0.25, 0.3) is 5.91 Å². The lowest BCUT2D eigenvalue weighted by Gasteiger charge is -2.10. The van der Waals surface area contributed by atoms with Crippen LogP contribution in [0.4, 0.5) is 0 Å². The maximum atomic E-state index is 11.8. The van der Waals surface area contributed by atoms with Crippen LogP contribution in [0.2, 0.25) is 0 Å². The summed E-state index contributed by atoms with van der Waals surface area (Å²) < 4.78 is 21.3. The van der Waals surface area contributed by atoms with Gasteiger partial charge in [0.1, 0.15) is 12.3 Å². The average molecular weight is 369 g/mol. The molecule has 2 aromatic heterocycles. The van der Waals surface area contributed by atoms with Crippen LogP contribution in [0.3, 0.4) is 0 Å². The van der Waals surface area contributed by atoms with Crippen molar-refractivity contribution in [2.24, 2.45) is 0 Å². The second-order valence-electron chi connectivity index (χ2n) is 5.37. The van der Waals surface area contributed by atoms with Gasteiger partial charge in [-0.25, -0.2) is 0 Å². The number of benzene rings is 1. The lowest BCUT2D eigenvalue weighted by molar-refractivity contribution is -0.123. The molecule has 0 radical (unpaired) electrons. The Morgan fingerprint density at radius 3 is 2.59 bits per heavy atom. The van der Waals surface area contributed by atoms with Crippen LogP contribution in [-0.4, -0.2) is 43.0 Å². The topological polar surface area (TPSA) is 95.7 Å². The second kappa shape index (κ2) is 9.23. The van der Waals surface area contributed by atoms with E-state index in [4.69, 9.17) is 18.6 Å². The van der Waals surface area contributed by atoms with Crippen molar-refractivity contribution in [1.29, 1.82) is 0 Å². The first-order chi connectivity index (χ1) is 13.3. The fourth-order valence-corrected chi connectivity index (χ4v) is 2.23. The summed E-state index contributed by atoms with van der Waals surface area (Å²) >= 11 is 0. The van der Waals surface area contributed by atoms with Crippen molar-refractivity contribution in [2.45, 2.75) is 0 Å². The second-order valence-corrected chi connectivity index (χ2v) is 5.37. The Morgan fingerprint density at radius 2 is 1.89 bits per heavy atom. The normalized spacial score (nSPS) is 10.3. The van der Waals surface area contributed by atoms with Crippen LogP contribution in [0.5, 0.6) is 17.4 Å². The maximum absolute atomic E-state index is 11.8. The standard InChI is InChI=1S/C19H19N3O5/c1-24-16-5-2-3-6-17(16)27-13-18(23)20-10-12-26-19-9-8-14(21-22-19)15-7-4-11-25-15/h2-9,11H,10,12-13H2,1H3,(H,20,23). The highest BCUT2D eigenvalue weighted by Gasteiger charge is 2.07. The Hall–Kier alpha value is -3.55. The molecule has 0 saturated heterocycles. The number of ether oxygens (including phenoxy) is 3. The molecule has 0 aliphatic rings. The van der Waals surface area contributed by atoms with Crippen molar-refractivity contribution in [3.63, 3.8) is 0 Å². The minimum atomic E-state index is -0.260. The Labute approximate surface area is 156 Å². The molecular weight excluding hydrogens is 350 g/mol. The monoisotopic (exact) mass is 369 g/mol. The fraction of sp³-hybridized carbons (Fsp3) is 0.211. The number of aromatic nitrogens is 2. The highest BCUT2D eigenvalue weighted by Crippen LogP contribution is 2.25. The molecule has 8 nitrogen and oxygen atoms in total. The maximum Gasteiger partial charge on any atom is 0.258 e. The Kier molecular flexibility index (Phi) is 6.24. The molecule has 0 atom stereocenters. The number of nitrogens with one attached hydrogen (secondary N) is 1. The molecule has 0 saturated carbocycles. The first-order valence-corrected chi connectivity index (χ1v) is 8.29. The van der Waals surface area contributed by atoms with Gasteiger partial charge >= 0.3 is 0 Å². The molecule has 27 heavy (non-hydrogen) atoms. The molecule has 0 fully saturated rings. The number of hydrogen-bond acceptors (Lipinski definition) is 7. The van der Waals surface area contributed by atoms with Gasteiger partial charge in [0, 0.05) is 6.07 Å². The van der Waals surface area contributed by atoms with Gasteiger partial charge in [-0.15, -0.1) is 10.2 Å². The van der Waals surface area contributed by atoms with Crippen LogP contribution in [0.1, 0.15) is 0 Å². The number of carbonyl (C=O) groups is 1. The minimum absolute atomic E-state index is 0.113. The predicted molar refractivity (Wildman–Crippen MR) is 96.7 cm³/mol. The molecule has 8 heteroatoms. The van der Waals surface area contributed by atoms with E-state index in [0.717, 1.165) is 0 Å². The summed E-state index contributed by atoms with van der Waals surface area (Å²) in [6.07, 6.45) is 1.57. The third-order valence-electron chi connectivity index (χ3n) is 3.52. The molecule has 0 unspecified atom stereocenters. The van der Waals surface area contributed by atoms with E-state index in [0.29, 0.717) is 35.4 Å². The SMILES string of the molecule is COc1ccccc1OCC(=O)NCCOc1ccc(-c2ccco2)nn1. The van der Waals surface area contributed by atoms with E-state index in [1.807, 2.05) is 12.1 Å². The Balaban J connectivity index is 1.36. The molecule has 2 heterocycles. The van der Waals surface area contributed by atoms with E-state index in [-0.39, 0.29) is 19.1 Å². The lowest BCUT2D eigenvalue weighted by Crippen LogP contribution is -2.32. The van der Waals surface area contributed by atoms with Gasteiger partial charge in [0.05, 0.1) is 19.9 Å². The van der Waals surface area contributed by atoms with E-state index < -0.39 is 0 Å². The Morgan fingerprint density at radius 1 is 1.04 bits per heavy atom. The molecule has 140 valence electrons. The van der Waals surface area contributed by atoms with E-state index in [1.54, 1.807) is 49.8 Å². The van der Waals surface area contributed by atoms with Crippen LogP contribution >= 0.6 is 0 Å². The predicted octanol–water partition coefficient (Wildman–Crippen LogP) is 2.32. The highest BCUT2D eigenvalue weighted by atomic mass is 16.5. The van der Waals surface area contributed by atoms with Crippen molar-refractivity contribution >= 4 is 5.91 Å². The van der Waals surface area contributed by atoms with E-state index in [9.17, 15) is 4.79 Å². The van der Waals surface area contributed by atoms with Crippen molar-refractivity contribution in [2.75, 3.05) is 26.9 Å². The van der Waals surface area contributed by atoms with Crippen LogP contribution in [0.15, 0.2) is 59.2 Å². The van der Waals surface area contributed by atoms with E-state index in [1.165, 1.54) is 0 Å². The van der Waals surface area contributed by atoms with Crippen LogP contribution in [0.25, 0.3) is 11.5 Å². The zero-order valence-electron chi connectivity index (χ0n) is 14.8. The zero-order valence-corrected chi connectivity index (χ0v) is 14.8. The van der Waals surface area contributed by atoms with Gasteiger partial charge in [-0.05, 0) is 30.3 Å². The summed E-state index contributed by atoms with van der Waals surface area (Å²) in [5.74, 6) is 1.83. The third-order valence-corrected chi connectivity index (χ3v) is 3.52.